The maximum atomic E-state index is 10.5. The number of hydrogen-bond donors (Lipinski definition) is 3. The molecule has 0 aliphatic carbocycles. The van der Waals surface area contributed by atoms with Crippen LogP contribution in [0.15, 0.2) is 18.2 Å². The van der Waals surface area contributed by atoms with Crippen molar-refractivity contribution in [3.8, 4) is 5.75 Å². The molecule has 64 valence electrons. The van der Waals surface area contributed by atoms with Crippen LogP contribution in [0.5, 0.6) is 5.75 Å². The third kappa shape index (κ3) is 1.54. The van der Waals surface area contributed by atoms with Gasteiger partial charge in [-0.3, -0.25) is 0 Å². The van der Waals surface area contributed by atoms with E-state index in [1.165, 1.54) is 18.2 Å². The quantitative estimate of drug-likeness (QED) is 0.603. The summed E-state index contributed by atoms with van der Waals surface area (Å²) in [6.07, 6.45) is 0. The Kier molecular flexibility index (Phi) is 2.30. The van der Waals surface area contributed by atoms with Gasteiger partial charge in [-0.15, -0.1) is 0 Å². The first-order valence-corrected chi connectivity index (χ1v) is 3.31. The number of aromatic carboxylic acids is 1. The molecular formula is C8H8O4. The van der Waals surface area contributed by atoms with Gasteiger partial charge < -0.3 is 15.3 Å². The molecule has 4 nitrogen and oxygen atoms in total. The Labute approximate surface area is 68.7 Å². The number of carboxylic acid groups (broad SMARTS) is 1. The summed E-state index contributed by atoms with van der Waals surface area (Å²) in [4.78, 5) is 10.5. The van der Waals surface area contributed by atoms with Gasteiger partial charge in [-0.1, -0.05) is 0 Å². The molecule has 1 rings (SSSR count). The predicted octanol–water partition coefficient (Wildman–Crippen LogP) is 0.583. The molecule has 1 aromatic rings. The van der Waals surface area contributed by atoms with Crippen LogP contribution < -0.4 is 0 Å². The molecule has 4 heteroatoms. The van der Waals surface area contributed by atoms with Gasteiger partial charge in [0.25, 0.3) is 0 Å². The van der Waals surface area contributed by atoms with Crippen molar-refractivity contribution >= 4 is 5.97 Å². The van der Waals surface area contributed by atoms with Crippen molar-refractivity contribution in [3.63, 3.8) is 0 Å². The van der Waals surface area contributed by atoms with Crippen LogP contribution in [0, 0.1) is 0 Å². The summed E-state index contributed by atoms with van der Waals surface area (Å²) < 4.78 is 0. The number of aliphatic hydroxyl groups is 1. The molecule has 0 aliphatic heterocycles. The average Bonchev–Trinajstić information content (AvgIpc) is 2.03. The Morgan fingerprint density at radius 3 is 2.58 bits per heavy atom. The zero-order valence-corrected chi connectivity index (χ0v) is 6.19. The Bertz CT molecular complexity index is 306. The van der Waals surface area contributed by atoms with E-state index in [0.29, 0.717) is 0 Å². The van der Waals surface area contributed by atoms with Crippen LogP contribution in [0.3, 0.4) is 0 Å². The Hall–Kier alpha value is -1.55. The van der Waals surface area contributed by atoms with E-state index in [0.717, 1.165) is 0 Å². The highest BCUT2D eigenvalue weighted by molar-refractivity contribution is 5.89. The maximum Gasteiger partial charge on any atom is 0.336 e. The van der Waals surface area contributed by atoms with Gasteiger partial charge in [-0.2, -0.15) is 0 Å². The van der Waals surface area contributed by atoms with Crippen LogP contribution in [0.25, 0.3) is 0 Å². The molecule has 12 heavy (non-hydrogen) atoms. The van der Waals surface area contributed by atoms with Crippen molar-refractivity contribution < 1.29 is 20.1 Å². The van der Waals surface area contributed by atoms with E-state index in [1.54, 1.807) is 0 Å². The van der Waals surface area contributed by atoms with E-state index in [9.17, 15) is 4.79 Å². The number of aromatic hydroxyl groups is 1. The summed E-state index contributed by atoms with van der Waals surface area (Å²) >= 11 is 0. The minimum Gasteiger partial charge on any atom is -0.508 e. The molecule has 0 bridgehead atoms. The zero-order valence-electron chi connectivity index (χ0n) is 6.19. The topological polar surface area (TPSA) is 77.8 Å². The predicted molar refractivity (Wildman–Crippen MR) is 41.0 cm³/mol. The van der Waals surface area contributed by atoms with Gasteiger partial charge in [0.15, 0.2) is 0 Å². The van der Waals surface area contributed by atoms with Gasteiger partial charge in [0.1, 0.15) is 5.75 Å². The monoisotopic (exact) mass is 168 g/mol. The summed E-state index contributed by atoms with van der Waals surface area (Å²) in [5.74, 6) is -1.16. The highest BCUT2D eigenvalue weighted by Gasteiger charge is 2.08. The molecule has 3 N–H and O–H groups in total. The number of hydrogen-bond acceptors (Lipinski definition) is 3. The Balaban J connectivity index is 3.20. The van der Waals surface area contributed by atoms with Crippen LogP contribution in [0.1, 0.15) is 15.9 Å². The summed E-state index contributed by atoms with van der Waals surface area (Å²) in [7, 11) is 0. The molecular weight excluding hydrogens is 160 g/mol. The molecule has 1 aromatic carbocycles. The van der Waals surface area contributed by atoms with Gasteiger partial charge in [0.2, 0.25) is 0 Å². The maximum absolute atomic E-state index is 10.5. The van der Waals surface area contributed by atoms with E-state index in [-0.39, 0.29) is 16.9 Å². The van der Waals surface area contributed by atoms with Crippen molar-refractivity contribution in [1.29, 1.82) is 0 Å². The van der Waals surface area contributed by atoms with Crippen molar-refractivity contribution in [2.45, 2.75) is 6.61 Å². The van der Waals surface area contributed by atoms with Gasteiger partial charge in [-0.05, 0) is 23.8 Å². The first-order chi connectivity index (χ1) is 5.65. The molecule has 0 fully saturated rings. The summed E-state index contributed by atoms with van der Waals surface area (Å²) in [5, 5.41) is 26.3. The van der Waals surface area contributed by atoms with Gasteiger partial charge >= 0.3 is 5.97 Å². The van der Waals surface area contributed by atoms with Crippen molar-refractivity contribution in [3.05, 3.63) is 29.3 Å². The second kappa shape index (κ2) is 3.23. The van der Waals surface area contributed by atoms with Crippen molar-refractivity contribution in [1.82, 2.24) is 0 Å². The minimum atomic E-state index is -1.11. The highest BCUT2D eigenvalue weighted by Crippen LogP contribution is 2.16. The fraction of sp³-hybridized carbons (Fsp3) is 0.125. The van der Waals surface area contributed by atoms with Crippen LogP contribution in [-0.2, 0) is 6.61 Å². The van der Waals surface area contributed by atoms with E-state index in [2.05, 4.69) is 0 Å². The van der Waals surface area contributed by atoms with Gasteiger partial charge in [0, 0.05) is 0 Å². The van der Waals surface area contributed by atoms with Crippen LogP contribution in [0.2, 0.25) is 0 Å². The van der Waals surface area contributed by atoms with Crippen LogP contribution in [0.4, 0.5) is 0 Å². The Morgan fingerprint density at radius 2 is 2.08 bits per heavy atom. The number of aliphatic hydroxyl groups excluding tert-OH is 1. The Morgan fingerprint density at radius 1 is 1.42 bits per heavy atom. The zero-order chi connectivity index (χ0) is 9.14. The lowest BCUT2D eigenvalue weighted by molar-refractivity contribution is 0.0693. The largest absolute Gasteiger partial charge is 0.508 e. The van der Waals surface area contributed by atoms with Crippen molar-refractivity contribution in [2.75, 3.05) is 0 Å². The molecule has 0 unspecified atom stereocenters. The van der Waals surface area contributed by atoms with E-state index >= 15 is 0 Å². The number of phenolic OH excluding ortho intramolecular Hbond substituents is 1. The fourth-order valence-corrected chi connectivity index (χ4v) is 0.920. The van der Waals surface area contributed by atoms with Gasteiger partial charge in [0.05, 0.1) is 12.2 Å². The lowest BCUT2D eigenvalue weighted by Gasteiger charge is -2.02. The minimum absolute atomic E-state index is 0.00954. The molecule has 0 radical (unpaired) electrons. The second-order valence-corrected chi connectivity index (χ2v) is 2.30. The van der Waals surface area contributed by atoms with Crippen LogP contribution in [-0.4, -0.2) is 21.3 Å². The third-order valence-electron chi connectivity index (χ3n) is 1.49. The number of benzene rings is 1. The molecule has 0 spiro atoms. The standard InChI is InChI=1S/C8H8O4/c9-4-5-3-6(10)1-2-7(5)8(11)12/h1-3,9-10H,4H2,(H,11,12). The average molecular weight is 168 g/mol. The van der Waals surface area contributed by atoms with E-state index in [1.807, 2.05) is 0 Å². The molecule has 0 aliphatic rings. The number of phenols is 1. The first-order valence-electron chi connectivity index (χ1n) is 3.31. The van der Waals surface area contributed by atoms with E-state index in [4.69, 9.17) is 15.3 Å². The lowest BCUT2D eigenvalue weighted by atomic mass is 10.1. The SMILES string of the molecule is O=C(O)c1ccc(O)cc1CO. The third-order valence-corrected chi connectivity index (χ3v) is 1.49. The summed E-state index contributed by atoms with van der Waals surface area (Å²) in [5.41, 5.74) is 0.220. The van der Waals surface area contributed by atoms with Crippen molar-refractivity contribution in [2.24, 2.45) is 0 Å². The van der Waals surface area contributed by atoms with Gasteiger partial charge in [-0.25, -0.2) is 4.79 Å². The number of rotatable bonds is 2. The lowest BCUT2D eigenvalue weighted by Crippen LogP contribution is -2.01. The van der Waals surface area contributed by atoms with E-state index < -0.39 is 12.6 Å². The molecule has 0 atom stereocenters. The number of carboxylic acids is 1. The smallest absolute Gasteiger partial charge is 0.336 e. The highest BCUT2D eigenvalue weighted by atomic mass is 16.4. The first kappa shape index (κ1) is 8.55. The number of carbonyl (C=O) groups is 1. The second-order valence-electron chi connectivity index (χ2n) is 2.30. The molecule has 0 saturated carbocycles. The van der Waals surface area contributed by atoms with Crippen LogP contribution >= 0.6 is 0 Å². The molecule has 0 heterocycles. The molecule has 0 aromatic heterocycles. The fourth-order valence-electron chi connectivity index (χ4n) is 0.920. The molecule has 0 saturated heterocycles. The molecule has 0 amide bonds. The normalized spacial score (nSPS) is 9.75. The summed E-state index contributed by atoms with van der Waals surface area (Å²) in [6, 6.07) is 3.75. The summed E-state index contributed by atoms with van der Waals surface area (Å²) in [6.45, 7) is -0.393.